The third-order valence-electron chi connectivity index (χ3n) is 13.3. The molecule has 0 radical (unpaired) electrons. The van der Waals surface area contributed by atoms with E-state index in [1.807, 2.05) is 0 Å². The molecule has 0 saturated heterocycles. The Balaban J connectivity index is 0.000000192. The zero-order chi connectivity index (χ0) is 56.4. The van der Waals surface area contributed by atoms with Gasteiger partial charge in [-0.25, -0.2) is 0 Å². The Kier molecular flexibility index (Phi) is 22.7. The third kappa shape index (κ3) is 15.9. The number of nitrogens with zero attached hydrogens (tertiary/aromatic N) is 2. The van der Waals surface area contributed by atoms with Gasteiger partial charge in [-0.1, -0.05) is 0 Å². The van der Waals surface area contributed by atoms with Gasteiger partial charge in [-0.15, -0.1) is 0 Å². The molecule has 9 heteroatoms. The molecule has 0 N–H and O–H groups in total. The first-order valence-corrected chi connectivity index (χ1v) is 33.1. The molecular weight excluding hydrogens is 1210 g/mol. The normalized spacial score (nSPS) is 10.3. The van der Waals surface area contributed by atoms with E-state index in [4.69, 9.17) is 21.0 Å². The van der Waals surface area contributed by atoms with Crippen LogP contribution in [0.2, 0.25) is 0 Å². The molecule has 0 spiro atoms. The van der Waals surface area contributed by atoms with E-state index in [0.29, 0.717) is 0 Å². The van der Waals surface area contributed by atoms with E-state index in [9.17, 15) is 6.32 Å². The van der Waals surface area contributed by atoms with Crippen LogP contribution in [0.15, 0.2) is 328 Å². The molecule has 0 heterocycles. The molecule has 12 aromatic carbocycles. The molecule has 12 rings (SSSR count). The van der Waals surface area contributed by atoms with Crippen molar-refractivity contribution in [2.45, 2.75) is 0 Å². The van der Waals surface area contributed by atoms with Gasteiger partial charge in [-0.05, 0) is 0 Å². The van der Waals surface area contributed by atoms with Gasteiger partial charge in [0.2, 0.25) is 0 Å². The van der Waals surface area contributed by atoms with Gasteiger partial charge in [0.15, 0.2) is 0 Å². The summed E-state index contributed by atoms with van der Waals surface area (Å²) in [6, 6.07) is 119. The number of benzene rings is 12. The van der Waals surface area contributed by atoms with Crippen LogP contribution in [0.5, 0.6) is 0 Å². The Hall–Kier alpha value is -8.49. The van der Waals surface area contributed by atoms with Crippen molar-refractivity contribution in [3.8, 4) is 66.8 Å². The first-order chi connectivity index (χ1) is 40.1. The second-order valence-electron chi connectivity index (χ2n) is 18.2. The van der Waals surface area contributed by atoms with E-state index >= 15 is 0 Å². The summed E-state index contributed by atoms with van der Waals surface area (Å²) >= 11 is -6.24. The number of nitroso groups, excluding NO2 is 2. The molecule has 0 atom stereocenters. The van der Waals surface area contributed by atoms with Crippen LogP contribution in [0.1, 0.15) is 0 Å². The number of hydrogen-bond donors (Lipinski definition) is 0. The first-order valence-electron chi connectivity index (χ1n) is 25.9. The van der Waals surface area contributed by atoms with Gasteiger partial charge in [-0.2, -0.15) is 0 Å². The van der Waals surface area contributed by atoms with Crippen LogP contribution in [-0.2, 0) is 19.6 Å². The number of halogens is 2. The third-order valence-corrected chi connectivity index (χ3v) is 23.3. The molecule has 81 heavy (non-hydrogen) atoms. The molecule has 0 aliphatic heterocycles. The van der Waals surface area contributed by atoms with Crippen LogP contribution in [0.3, 0.4) is 0 Å². The van der Waals surface area contributed by atoms with Gasteiger partial charge < -0.3 is 21.0 Å². The van der Waals surface area contributed by atoms with Crippen LogP contribution < -0.4 is 26.1 Å². The summed E-state index contributed by atoms with van der Waals surface area (Å²) < 4.78 is 28.1. The predicted octanol–water partition coefficient (Wildman–Crippen LogP) is 15.9. The molecule has 0 unspecified atom stereocenters. The Bertz CT molecular complexity index is 3170. The van der Waals surface area contributed by atoms with Crippen molar-refractivity contribution < 1.29 is 25.9 Å². The number of rotatable bonds is 12. The zero-order valence-electron chi connectivity index (χ0n) is 43.9. The van der Waals surface area contributed by atoms with Gasteiger partial charge in [-0.3, -0.25) is 0 Å². The minimum absolute atomic E-state index is 1.26. The van der Waals surface area contributed by atoms with E-state index in [-0.39, 0.29) is 0 Å². The molecule has 396 valence electrons. The molecule has 0 bridgehead atoms. The number of hydrogen-bond acceptors (Lipinski definition) is 2. The van der Waals surface area contributed by atoms with Crippen molar-refractivity contribution in [1.29, 1.82) is 0 Å². The first kappa shape index (κ1) is 58.6. The molecule has 0 aliphatic rings. The summed E-state index contributed by atoms with van der Waals surface area (Å²) in [5.74, 6) is 0. The molecule has 0 amide bonds. The van der Waals surface area contributed by atoms with Gasteiger partial charge in [0.1, 0.15) is 0 Å². The molecule has 12 aromatic rings. The maximum atomic E-state index is 9.75. The SMILES string of the molecule is [F][Mo][F].[N-]=O.[N-]=O.c1ccc(-c2cccc([As](c3cccc(-c4ccccc4)c3)c3cccc(-c4ccccc4)c3)c2)cc1.c1ccc(-c2cccc([As](c3cccc(-c4ccccc4)c3)c3cccc(-c4ccccc4)c3)c2)cc1. The monoisotopic (exact) mass is 1260 g/mol. The summed E-state index contributed by atoms with van der Waals surface area (Å²) in [5.41, 5.74) is 26.7. The average molecular weight is 1260 g/mol. The second-order valence-corrected chi connectivity index (χ2v) is 27.8. The van der Waals surface area contributed by atoms with Crippen LogP contribution in [0.25, 0.3) is 77.9 Å². The summed E-state index contributed by atoms with van der Waals surface area (Å²) in [4.78, 5) is 14.5. The fraction of sp³-hybridized carbons (Fsp3) is 0. The molecule has 0 aliphatic carbocycles. The average Bonchev–Trinajstić information content (AvgIpc) is 3.57. The van der Waals surface area contributed by atoms with E-state index in [1.54, 1.807) is 0 Å². The van der Waals surface area contributed by atoms with E-state index < -0.39 is 48.9 Å². The van der Waals surface area contributed by atoms with Gasteiger partial charge in [0.25, 0.3) is 0 Å². The quantitative estimate of drug-likeness (QED) is 0.114. The second kappa shape index (κ2) is 31.3. The van der Waals surface area contributed by atoms with Crippen molar-refractivity contribution in [2.24, 2.45) is 0 Å². The molecule has 0 saturated carbocycles. The van der Waals surface area contributed by atoms with Gasteiger partial charge >= 0.3 is 476 Å². The van der Waals surface area contributed by atoms with Crippen LogP contribution >= 0.6 is 0 Å². The summed E-state index contributed by atoms with van der Waals surface area (Å²) in [7, 11) is 0. The Labute approximate surface area is 492 Å². The molecular formula is C72H54As2F2MoN2O2-2. The Morgan fingerprint density at radius 3 is 0.457 bits per heavy atom. The van der Waals surface area contributed by atoms with E-state index in [2.05, 4.69) is 328 Å². The molecule has 4 nitrogen and oxygen atoms in total. The predicted molar refractivity (Wildman–Crippen MR) is 336 cm³/mol. The molecule has 0 fully saturated rings. The van der Waals surface area contributed by atoms with Crippen LogP contribution in [0.4, 0.5) is 6.32 Å². The van der Waals surface area contributed by atoms with Crippen molar-refractivity contribution in [3.63, 3.8) is 0 Å². The van der Waals surface area contributed by atoms with Crippen molar-refractivity contribution >= 4 is 55.4 Å². The van der Waals surface area contributed by atoms with Crippen LogP contribution in [-0.4, -0.2) is 29.3 Å². The maximum absolute atomic E-state index is 9.75. The fourth-order valence-electron chi connectivity index (χ4n) is 9.63. The Morgan fingerprint density at radius 1 is 0.198 bits per heavy atom. The standard InChI is InChI=1S/2C36H27As.2FH.Mo.2NO/c2*1-4-13-28(14-5-1)31-19-10-22-34(25-31)37(35-23-11-20-32(26-35)29-15-6-2-7-16-29)36-24-12-21-33(27-36)30-17-8-3-9-18-30;;;;2*1-2/h2*1-27H;2*1H;;;/q;;;;+2;2*-1/p-2. The fourth-order valence-corrected chi connectivity index (χ4v) is 19.7. The summed E-state index contributed by atoms with van der Waals surface area (Å²) in [6.45, 7) is 0. The molecule has 0 aromatic heterocycles. The van der Waals surface area contributed by atoms with Crippen molar-refractivity contribution in [2.75, 3.05) is 0 Å². The Morgan fingerprint density at radius 2 is 0.321 bits per heavy atom. The topological polar surface area (TPSA) is 78.7 Å². The van der Waals surface area contributed by atoms with E-state index in [0.717, 1.165) is 0 Å². The van der Waals surface area contributed by atoms with Crippen molar-refractivity contribution in [3.05, 3.63) is 349 Å². The van der Waals surface area contributed by atoms with Gasteiger partial charge in [0.05, 0.1) is 0 Å². The zero-order valence-corrected chi connectivity index (χ0v) is 49.7. The van der Waals surface area contributed by atoms with Crippen molar-refractivity contribution in [1.82, 2.24) is 0 Å². The van der Waals surface area contributed by atoms with Crippen LogP contribution in [0, 0.1) is 9.81 Å². The minimum atomic E-state index is -2.53. The van der Waals surface area contributed by atoms with Gasteiger partial charge in [0, 0.05) is 0 Å². The summed E-state index contributed by atoms with van der Waals surface area (Å²) in [5, 5.41) is 0. The summed E-state index contributed by atoms with van der Waals surface area (Å²) in [6.07, 6.45) is 0. The van der Waals surface area contributed by atoms with E-state index in [1.165, 1.54) is 92.9 Å².